The minimum absolute atomic E-state index is 0.129. The van der Waals surface area contributed by atoms with Crippen LogP contribution >= 0.6 is 0 Å². The van der Waals surface area contributed by atoms with E-state index in [0.29, 0.717) is 18.2 Å². The van der Waals surface area contributed by atoms with Crippen molar-refractivity contribution >= 4 is 0 Å². The van der Waals surface area contributed by atoms with E-state index in [9.17, 15) is 4.39 Å². The van der Waals surface area contributed by atoms with Gasteiger partial charge in [-0.3, -0.25) is 4.68 Å². The van der Waals surface area contributed by atoms with Crippen molar-refractivity contribution < 1.29 is 9.13 Å². The molecule has 0 bridgehead atoms. The Bertz CT molecular complexity index is 623. The highest BCUT2D eigenvalue weighted by molar-refractivity contribution is 5.39. The monoisotopic (exact) mass is 275 g/mol. The third-order valence-electron chi connectivity index (χ3n) is 3.63. The molecule has 20 heavy (non-hydrogen) atoms. The van der Waals surface area contributed by atoms with E-state index in [4.69, 9.17) is 10.5 Å². The number of hydrogen-bond donors (Lipinski definition) is 1. The van der Waals surface area contributed by atoms with E-state index in [0.717, 1.165) is 11.1 Å². The minimum atomic E-state index is -0.283. The quantitative estimate of drug-likeness (QED) is 0.916. The van der Waals surface area contributed by atoms with E-state index < -0.39 is 0 Å². The van der Waals surface area contributed by atoms with Gasteiger partial charge in [-0.05, 0) is 32.0 Å². The molecule has 2 heterocycles. The molecule has 0 radical (unpaired) electrons. The number of fused-ring (bicyclic) bond motifs is 1. The predicted molar refractivity (Wildman–Crippen MR) is 73.9 cm³/mol. The van der Waals surface area contributed by atoms with Gasteiger partial charge in [-0.1, -0.05) is 0 Å². The van der Waals surface area contributed by atoms with Gasteiger partial charge in [0.05, 0.1) is 6.20 Å². The maximum Gasteiger partial charge on any atom is 0.129 e. The van der Waals surface area contributed by atoms with Crippen molar-refractivity contribution in [3.8, 4) is 5.75 Å². The average Bonchev–Trinajstić information content (AvgIpc) is 2.89. The van der Waals surface area contributed by atoms with Crippen LogP contribution in [0.2, 0.25) is 0 Å². The number of aromatic nitrogens is 2. The molecule has 0 fully saturated rings. The Morgan fingerprint density at radius 3 is 2.95 bits per heavy atom. The van der Waals surface area contributed by atoms with E-state index in [2.05, 4.69) is 18.9 Å². The van der Waals surface area contributed by atoms with E-state index in [1.165, 1.54) is 12.1 Å². The fourth-order valence-electron chi connectivity index (χ4n) is 2.48. The Kier molecular flexibility index (Phi) is 3.22. The molecule has 0 amide bonds. The molecule has 2 aromatic rings. The molecule has 0 saturated heterocycles. The van der Waals surface area contributed by atoms with Crippen molar-refractivity contribution in [1.82, 2.24) is 9.78 Å². The Labute approximate surface area is 117 Å². The molecule has 0 saturated carbocycles. The summed E-state index contributed by atoms with van der Waals surface area (Å²) in [6.45, 7) is 4.14. The average molecular weight is 275 g/mol. The predicted octanol–water partition coefficient (Wildman–Crippen LogP) is 3.13. The number of halogens is 1. The van der Waals surface area contributed by atoms with Gasteiger partial charge >= 0.3 is 0 Å². The molecule has 106 valence electrons. The molecule has 1 aliphatic rings. The van der Waals surface area contributed by atoms with Gasteiger partial charge in [0.1, 0.15) is 17.7 Å². The number of nitrogens with zero attached hydrogens (tertiary/aromatic N) is 2. The van der Waals surface area contributed by atoms with Crippen LogP contribution in [0.4, 0.5) is 4.39 Å². The standard InChI is InChI=1S/C15H18FN3O/c1-9(2)19-8-10(7-18-19)15-6-13(17)12-5-11(16)3-4-14(12)20-15/h3-5,7-9,13,15H,6,17H2,1-2H3/t13-,15?/m1/s1. The van der Waals surface area contributed by atoms with Gasteiger partial charge in [-0.2, -0.15) is 5.10 Å². The zero-order valence-electron chi connectivity index (χ0n) is 11.6. The highest BCUT2D eigenvalue weighted by Gasteiger charge is 2.28. The first-order valence-corrected chi connectivity index (χ1v) is 6.80. The maximum absolute atomic E-state index is 13.3. The van der Waals surface area contributed by atoms with Crippen LogP contribution in [0.15, 0.2) is 30.6 Å². The van der Waals surface area contributed by atoms with Gasteiger partial charge in [0, 0.05) is 35.8 Å². The Balaban J connectivity index is 1.88. The molecular weight excluding hydrogens is 257 g/mol. The van der Waals surface area contributed by atoms with Crippen LogP contribution in [-0.2, 0) is 0 Å². The third-order valence-corrected chi connectivity index (χ3v) is 3.63. The van der Waals surface area contributed by atoms with Crippen LogP contribution in [0, 0.1) is 5.82 Å². The highest BCUT2D eigenvalue weighted by atomic mass is 19.1. The first-order chi connectivity index (χ1) is 9.54. The Morgan fingerprint density at radius 2 is 2.25 bits per heavy atom. The van der Waals surface area contributed by atoms with E-state index in [1.807, 2.05) is 17.1 Å². The SMILES string of the molecule is CC(C)n1cc(C2C[C@@H](N)c3cc(F)ccc3O2)cn1. The topological polar surface area (TPSA) is 53.1 Å². The summed E-state index contributed by atoms with van der Waals surface area (Å²) in [5.41, 5.74) is 7.87. The summed E-state index contributed by atoms with van der Waals surface area (Å²) in [5.74, 6) is 0.376. The molecule has 5 heteroatoms. The van der Waals surface area contributed by atoms with E-state index >= 15 is 0 Å². The Hall–Kier alpha value is -1.88. The Morgan fingerprint density at radius 1 is 1.45 bits per heavy atom. The second-order valence-electron chi connectivity index (χ2n) is 5.48. The fraction of sp³-hybridized carbons (Fsp3) is 0.400. The molecule has 2 N–H and O–H groups in total. The van der Waals surface area contributed by atoms with Crippen molar-refractivity contribution in [2.45, 2.75) is 38.5 Å². The third kappa shape index (κ3) is 2.29. The molecule has 3 rings (SSSR count). The van der Waals surface area contributed by atoms with Gasteiger partial charge in [0.15, 0.2) is 0 Å². The summed E-state index contributed by atoms with van der Waals surface area (Å²) >= 11 is 0. The van der Waals surface area contributed by atoms with Gasteiger partial charge in [-0.25, -0.2) is 4.39 Å². The van der Waals surface area contributed by atoms with E-state index in [-0.39, 0.29) is 18.0 Å². The van der Waals surface area contributed by atoms with Crippen molar-refractivity contribution in [2.24, 2.45) is 5.73 Å². The lowest BCUT2D eigenvalue weighted by atomic mass is 9.95. The molecule has 1 aliphatic heterocycles. The molecule has 2 atom stereocenters. The van der Waals surface area contributed by atoms with Crippen LogP contribution in [0.3, 0.4) is 0 Å². The summed E-state index contributed by atoms with van der Waals surface area (Å²) in [6, 6.07) is 4.58. The van der Waals surface area contributed by atoms with E-state index in [1.54, 1.807) is 6.07 Å². The molecular formula is C15H18FN3O. The molecule has 1 aromatic heterocycles. The van der Waals surface area contributed by atoms with Crippen molar-refractivity contribution in [1.29, 1.82) is 0 Å². The van der Waals surface area contributed by atoms with Crippen molar-refractivity contribution in [3.05, 3.63) is 47.5 Å². The smallest absolute Gasteiger partial charge is 0.129 e. The van der Waals surface area contributed by atoms with Crippen molar-refractivity contribution in [2.75, 3.05) is 0 Å². The summed E-state index contributed by atoms with van der Waals surface area (Å²) in [6.07, 6.45) is 4.29. The van der Waals surface area contributed by atoms with Crippen LogP contribution < -0.4 is 10.5 Å². The van der Waals surface area contributed by atoms with Crippen LogP contribution in [0.1, 0.15) is 49.6 Å². The second kappa shape index (κ2) is 4.90. The lowest BCUT2D eigenvalue weighted by molar-refractivity contribution is 0.161. The summed E-state index contributed by atoms with van der Waals surface area (Å²) in [7, 11) is 0. The summed E-state index contributed by atoms with van der Waals surface area (Å²) < 4.78 is 21.1. The molecule has 4 nitrogen and oxygen atoms in total. The minimum Gasteiger partial charge on any atom is -0.485 e. The number of benzene rings is 1. The molecule has 0 spiro atoms. The highest BCUT2D eigenvalue weighted by Crippen LogP contribution is 2.39. The second-order valence-corrected chi connectivity index (χ2v) is 5.48. The maximum atomic E-state index is 13.3. The summed E-state index contributed by atoms with van der Waals surface area (Å²) in [5, 5.41) is 4.32. The first kappa shape index (κ1) is 13.1. The number of ether oxygens (including phenoxy) is 1. The lowest BCUT2D eigenvalue weighted by Crippen LogP contribution is -2.24. The zero-order chi connectivity index (χ0) is 14.3. The summed E-state index contributed by atoms with van der Waals surface area (Å²) in [4.78, 5) is 0. The lowest BCUT2D eigenvalue weighted by Gasteiger charge is -2.29. The first-order valence-electron chi connectivity index (χ1n) is 6.80. The number of hydrogen-bond acceptors (Lipinski definition) is 3. The van der Waals surface area contributed by atoms with Gasteiger partial charge in [-0.15, -0.1) is 0 Å². The van der Waals surface area contributed by atoms with Crippen molar-refractivity contribution in [3.63, 3.8) is 0 Å². The molecule has 0 aliphatic carbocycles. The molecule has 1 aromatic carbocycles. The largest absolute Gasteiger partial charge is 0.485 e. The zero-order valence-corrected chi connectivity index (χ0v) is 11.6. The van der Waals surface area contributed by atoms with Gasteiger partial charge in [0.25, 0.3) is 0 Å². The number of nitrogens with two attached hydrogens (primary N) is 1. The van der Waals surface area contributed by atoms with Crippen LogP contribution in [-0.4, -0.2) is 9.78 Å². The molecule has 1 unspecified atom stereocenters. The van der Waals surface area contributed by atoms with Gasteiger partial charge in [0.2, 0.25) is 0 Å². The number of rotatable bonds is 2. The van der Waals surface area contributed by atoms with Crippen LogP contribution in [0.25, 0.3) is 0 Å². The van der Waals surface area contributed by atoms with Crippen LogP contribution in [0.5, 0.6) is 5.75 Å². The normalized spacial score (nSPS) is 21.6. The van der Waals surface area contributed by atoms with Gasteiger partial charge < -0.3 is 10.5 Å². The fourth-order valence-corrected chi connectivity index (χ4v) is 2.48.